The van der Waals surface area contributed by atoms with Crippen LogP contribution in [0.2, 0.25) is 0 Å². The summed E-state index contributed by atoms with van der Waals surface area (Å²) in [6.45, 7) is 2.98. The van der Waals surface area contributed by atoms with Crippen molar-refractivity contribution >= 4 is 5.97 Å². The molecule has 0 aromatic heterocycles. The summed E-state index contributed by atoms with van der Waals surface area (Å²) in [5, 5.41) is 9.53. The van der Waals surface area contributed by atoms with Gasteiger partial charge in [-0.3, -0.25) is 9.69 Å². The number of nitrogens with zero attached hydrogens (tertiary/aromatic N) is 1. The van der Waals surface area contributed by atoms with Crippen LogP contribution in [0.4, 0.5) is 0 Å². The van der Waals surface area contributed by atoms with Gasteiger partial charge in [0, 0.05) is 6.04 Å². The molecule has 2 aliphatic carbocycles. The average molecular weight is 211 g/mol. The molecule has 2 fully saturated rings. The third-order valence-corrected chi connectivity index (χ3v) is 3.96. The van der Waals surface area contributed by atoms with Gasteiger partial charge < -0.3 is 5.11 Å². The van der Waals surface area contributed by atoms with Crippen LogP contribution in [-0.2, 0) is 4.79 Å². The van der Waals surface area contributed by atoms with E-state index in [1.54, 1.807) is 0 Å². The maximum absolute atomic E-state index is 11.6. The van der Waals surface area contributed by atoms with Gasteiger partial charge in [-0.1, -0.05) is 26.2 Å². The summed E-state index contributed by atoms with van der Waals surface area (Å²) in [6.07, 6.45) is 7.47. The lowest BCUT2D eigenvalue weighted by atomic mass is 9.80. The molecule has 2 rings (SSSR count). The molecule has 15 heavy (non-hydrogen) atoms. The van der Waals surface area contributed by atoms with E-state index >= 15 is 0 Å². The summed E-state index contributed by atoms with van der Waals surface area (Å²) in [5.74, 6) is -0.587. The topological polar surface area (TPSA) is 40.5 Å². The number of rotatable bonds is 4. The molecule has 0 atom stereocenters. The lowest BCUT2D eigenvalue weighted by Crippen LogP contribution is -2.56. The Kier molecular flexibility index (Phi) is 3.01. The number of hydrogen-bond donors (Lipinski definition) is 1. The molecule has 2 aliphatic rings. The Bertz CT molecular complexity index is 242. The van der Waals surface area contributed by atoms with Crippen LogP contribution in [0.5, 0.6) is 0 Å². The minimum atomic E-state index is -0.587. The first-order valence-electron chi connectivity index (χ1n) is 6.21. The van der Waals surface area contributed by atoms with E-state index in [2.05, 4.69) is 11.8 Å². The van der Waals surface area contributed by atoms with Crippen LogP contribution in [0.1, 0.15) is 51.9 Å². The molecule has 2 saturated carbocycles. The molecule has 0 heterocycles. The molecule has 0 radical (unpaired) electrons. The summed E-state index contributed by atoms with van der Waals surface area (Å²) >= 11 is 0. The second kappa shape index (κ2) is 4.12. The maximum Gasteiger partial charge on any atom is 0.324 e. The summed E-state index contributed by atoms with van der Waals surface area (Å²) in [4.78, 5) is 13.8. The molecule has 0 spiro atoms. The maximum atomic E-state index is 11.6. The summed E-state index contributed by atoms with van der Waals surface area (Å²) in [7, 11) is 0. The minimum absolute atomic E-state index is 0.520. The van der Waals surface area contributed by atoms with Gasteiger partial charge in [-0.15, -0.1) is 0 Å². The van der Waals surface area contributed by atoms with Crippen molar-refractivity contribution in [1.82, 2.24) is 4.90 Å². The van der Waals surface area contributed by atoms with Gasteiger partial charge in [0.25, 0.3) is 0 Å². The van der Waals surface area contributed by atoms with E-state index in [0.717, 1.165) is 32.2 Å². The molecule has 0 aliphatic heterocycles. The fourth-order valence-electron chi connectivity index (χ4n) is 3.06. The molecule has 1 N–H and O–H groups in total. The monoisotopic (exact) mass is 211 g/mol. The molecule has 0 amide bonds. The molecular formula is C12H21NO2. The zero-order chi connectivity index (χ0) is 10.9. The number of carbonyl (C=O) groups is 1. The number of carboxylic acid groups (broad SMARTS) is 1. The lowest BCUT2D eigenvalue weighted by Gasteiger charge is -2.43. The van der Waals surface area contributed by atoms with Crippen LogP contribution in [0, 0.1) is 0 Å². The van der Waals surface area contributed by atoms with Gasteiger partial charge in [0.1, 0.15) is 5.54 Å². The van der Waals surface area contributed by atoms with Crippen molar-refractivity contribution in [3.05, 3.63) is 0 Å². The first kappa shape index (κ1) is 10.9. The highest BCUT2D eigenvalue weighted by atomic mass is 16.4. The second-order valence-corrected chi connectivity index (χ2v) is 4.91. The third-order valence-electron chi connectivity index (χ3n) is 3.96. The smallest absolute Gasteiger partial charge is 0.324 e. The number of aliphatic carboxylic acids is 1. The fraction of sp³-hybridized carbons (Fsp3) is 0.917. The van der Waals surface area contributed by atoms with E-state index in [4.69, 9.17) is 0 Å². The van der Waals surface area contributed by atoms with Crippen molar-refractivity contribution in [2.24, 2.45) is 0 Å². The van der Waals surface area contributed by atoms with Crippen LogP contribution >= 0.6 is 0 Å². The third kappa shape index (κ3) is 1.89. The van der Waals surface area contributed by atoms with Gasteiger partial charge in [-0.05, 0) is 32.2 Å². The highest BCUT2D eigenvalue weighted by Gasteiger charge is 2.49. The van der Waals surface area contributed by atoms with E-state index in [1.807, 2.05) is 0 Å². The molecule has 86 valence electrons. The average Bonchev–Trinajstić information content (AvgIpc) is 3.04. The Morgan fingerprint density at radius 3 is 2.33 bits per heavy atom. The van der Waals surface area contributed by atoms with E-state index in [0.29, 0.717) is 6.04 Å². The largest absolute Gasteiger partial charge is 0.480 e. The molecule has 3 heteroatoms. The Balaban J connectivity index is 2.18. The number of hydrogen-bond acceptors (Lipinski definition) is 2. The predicted molar refractivity (Wildman–Crippen MR) is 58.9 cm³/mol. The highest BCUT2D eigenvalue weighted by molar-refractivity contribution is 5.79. The molecule has 0 bridgehead atoms. The van der Waals surface area contributed by atoms with Crippen molar-refractivity contribution in [3.8, 4) is 0 Å². The molecule has 0 aromatic carbocycles. The van der Waals surface area contributed by atoms with Crippen LogP contribution in [0.3, 0.4) is 0 Å². The Hall–Kier alpha value is -0.570. The zero-order valence-corrected chi connectivity index (χ0v) is 9.54. The van der Waals surface area contributed by atoms with Gasteiger partial charge in [-0.25, -0.2) is 0 Å². The van der Waals surface area contributed by atoms with Gasteiger partial charge in [-0.2, -0.15) is 0 Å². The van der Waals surface area contributed by atoms with Crippen LogP contribution in [0.25, 0.3) is 0 Å². The van der Waals surface area contributed by atoms with Crippen molar-refractivity contribution in [3.63, 3.8) is 0 Å². The molecule has 0 aromatic rings. The predicted octanol–water partition coefficient (Wildman–Crippen LogP) is 2.26. The summed E-state index contributed by atoms with van der Waals surface area (Å²) in [5.41, 5.74) is -0.520. The van der Waals surface area contributed by atoms with Crippen LogP contribution in [-0.4, -0.2) is 34.1 Å². The van der Waals surface area contributed by atoms with E-state index in [-0.39, 0.29) is 0 Å². The Morgan fingerprint density at radius 2 is 1.93 bits per heavy atom. The number of likely N-dealkylation sites (N-methyl/N-ethyl adjacent to an activating group) is 1. The zero-order valence-electron chi connectivity index (χ0n) is 9.54. The first-order chi connectivity index (χ1) is 7.20. The second-order valence-electron chi connectivity index (χ2n) is 4.91. The molecule has 0 unspecified atom stereocenters. The Morgan fingerprint density at radius 1 is 1.33 bits per heavy atom. The lowest BCUT2D eigenvalue weighted by molar-refractivity contribution is -0.154. The van der Waals surface area contributed by atoms with E-state index in [9.17, 15) is 9.90 Å². The minimum Gasteiger partial charge on any atom is -0.480 e. The van der Waals surface area contributed by atoms with E-state index < -0.39 is 11.5 Å². The van der Waals surface area contributed by atoms with Crippen molar-refractivity contribution < 1.29 is 9.90 Å². The van der Waals surface area contributed by atoms with E-state index in [1.165, 1.54) is 19.3 Å². The fourth-order valence-corrected chi connectivity index (χ4v) is 3.06. The quantitative estimate of drug-likeness (QED) is 0.775. The highest BCUT2D eigenvalue weighted by Crippen LogP contribution is 2.40. The molecule has 3 nitrogen and oxygen atoms in total. The molecular weight excluding hydrogens is 190 g/mol. The standard InChI is InChI=1S/C12H21NO2/c1-2-13(10-6-7-10)12(11(14)15)8-4-3-5-9-12/h10H,2-9H2,1H3,(H,14,15). The summed E-state index contributed by atoms with van der Waals surface area (Å²) < 4.78 is 0. The van der Waals surface area contributed by atoms with Gasteiger partial charge in [0.2, 0.25) is 0 Å². The van der Waals surface area contributed by atoms with Crippen molar-refractivity contribution in [1.29, 1.82) is 0 Å². The molecule has 0 saturated heterocycles. The van der Waals surface area contributed by atoms with Gasteiger partial charge >= 0.3 is 5.97 Å². The van der Waals surface area contributed by atoms with Gasteiger partial charge in [0.05, 0.1) is 0 Å². The van der Waals surface area contributed by atoms with Gasteiger partial charge in [0.15, 0.2) is 0 Å². The van der Waals surface area contributed by atoms with Crippen molar-refractivity contribution in [2.75, 3.05) is 6.54 Å². The SMILES string of the molecule is CCN(C1CC1)C1(C(=O)O)CCCCC1. The van der Waals surface area contributed by atoms with Crippen LogP contribution in [0.15, 0.2) is 0 Å². The number of carboxylic acids is 1. The van der Waals surface area contributed by atoms with Crippen LogP contribution < -0.4 is 0 Å². The normalized spacial score (nSPS) is 25.5. The Labute approximate surface area is 91.5 Å². The van der Waals surface area contributed by atoms with Crippen molar-refractivity contribution in [2.45, 2.75) is 63.5 Å². The first-order valence-corrected chi connectivity index (χ1v) is 6.21. The summed E-state index contributed by atoms with van der Waals surface area (Å²) in [6, 6.07) is 0.559.